The molecule has 2 N–H and O–H groups in total. The molecule has 0 aromatic heterocycles. The van der Waals surface area contributed by atoms with Crippen LogP contribution in [-0.4, -0.2) is 26.0 Å². The second-order valence-electron chi connectivity index (χ2n) is 8.26. The van der Waals surface area contributed by atoms with Crippen LogP contribution < -0.4 is 20.1 Å². The van der Waals surface area contributed by atoms with Crippen molar-refractivity contribution in [2.45, 2.75) is 32.1 Å². The Bertz CT molecular complexity index is 928. The lowest BCUT2D eigenvalue weighted by Crippen LogP contribution is -2.20. The molecule has 2 aromatic carbocycles. The van der Waals surface area contributed by atoms with E-state index in [2.05, 4.69) is 10.6 Å². The number of benzene rings is 2. The number of methoxy groups -OCH3 is 2. The molecule has 158 valence electrons. The quantitative estimate of drug-likeness (QED) is 0.695. The topological polar surface area (TPSA) is 76.7 Å². The van der Waals surface area contributed by atoms with Crippen LogP contribution in [0, 0.1) is 17.8 Å². The van der Waals surface area contributed by atoms with Crippen molar-refractivity contribution in [3.63, 3.8) is 0 Å². The van der Waals surface area contributed by atoms with Gasteiger partial charge in [-0.2, -0.15) is 0 Å². The van der Waals surface area contributed by atoms with Gasteiger partial charge in [0.2, 0.25) is 5.91 Å². The van der Waals surface area contributed by atoms with Crippen molar-refractivity contribution in [2.75, 3.05) is 24.9 Å². The Hall–Kier alpha value is -3.02. The summed E-state index contributed by atoms with van der Waals surface area (Å²) in [4.78, 5) is 25.2. The van der Waals surface area contributed by atoms with E-state index in [0.717, 1.165) is 5.92 Å². The lowest BCUT2D eigenvalue weighted by Gasteiger charge is -2.21. The Labute approximate surface area is 177 Å². The van der Waals surface area contributed by atoms with E-state index >= 15 is 0 Å². The molecule has 0 aliphatic heterocycles. The van der Waals surface area contributed by atoms with Gasteiger partial charge < -0.3 is 20.1 Å². The molecule has 0 spiro atoms. The monoisotopic (exact) mass is 408 g/mol. The van der Waals surface area contributed by atoms with Crippen LogP contribution in [0.2, 0.25) is 0 Å². The molecule has 2 amide bonds. The highest BCUT2D eigenvalue weighted by molar-refractivity contribution is 6.05. The number of ether oxygens (including phenoxy) is 2. The summed E-state index contributed by atoms with van der Waals surface area (Å²) in [6.07, 6.45) is 5.58. The van der Waals surface area contributed by atoms with Crippen LogP contribution in [0.5, 0.6) is 11.5 Å². The summed E-state index contributed by atoms with van der Waals surface area (Å²) >= 11 is 0. The molecule has 2 fully saturated rings. The smallest absolute Gasteiger partial charge is 0.255 e. The summed E-state index contributed by atoms with van der Waals surface area (Å²) < 4.78 is 10.9. The SMILES string of the molecule is COc1cc(NC(=O)c2ccccc2)c(OC)cc1NC(=O)C[C@H]1C[C@H]2CC[C@H]1C2. The van der Waals surface area contributed by atoms with Crippen LogP contribution in [0.25, 0.3) is 0 Å². The number of rotatable bonds is 7. The average molecular weight is 408 g/mol. The van der Waals surface area contributed by atoms with E-state index in [4.69, 9.17) is 9.47 Å². The number of carbonyl (C=O) groups excluding carboxylic acids is 2. The first kappa shape index (κ1) is 20.3. The van der Waals surface area contributed by atoms with Gasteiger partial charge in [0.15, 0.2) is 0 Å². The summed E-state index contributed by atoms with van der Waals surface area (Å²) in [6.45, 7) is 0. The molecule has 0 radical (unpaired) electrons. The molecule has 30 heavy (non-hydrogen) atoms. The lowest BCUT2D eigenvalue weighted by atomic mass is 9.86. The summed E-state index contributed by atoms with van der Waals surface area (Å²) in [5.41, 5.74) is 1.57. The molecule has 0 heterocycles. The van der Waals surface area contributed by atoms with E-state index in [1.54, 1.807) is 24.3 Å². The number of hydrogen-bond donors (Lipinski definition) is 2. The van der Waals surface area contributed by atoms with E-state index in [1.165, 1.54) is 39.9 Å². The van der Waals surface area contributed by atoms with Gasteiger partial charge in [-0.05, 0) is 49.1 Å². The number of nitrogens with one attached hydrogen (secondary N) is 2. The summed E-state index contributed by atoms with van der Waals surface area (Å²) in [5.74, 6) is 2.68. The number of amides is 2. The standard InChI is InChI=1S/C24H28N2O4/c1-29-21-14-20(26-24(28)16-6-4-3-5-7-16)22(30-2)13-19(21)25-23(27)12-18-11-15-8-9-17(18)10-15/h3-7,13-15,17-18H,8-12H2,1-2H3,(H,25,27)(H,26,28)/t15-,17-,18+/m0/s1. The average Bonchev–Trinajstić information content (AvgIpc) is 3.38. The van der Waals surface area contributed by atoms with Crippen molar-refractivity contribution >= 4 is 23.2 Å². The fourth-order valence-electron chi connectivity index (χ4n) is 4.94. The van der Waals surface area contributed by atoms with Gasteiger partial charge in [-0.3, -0.25) is 9.59 Å². The zero-order valence-electron chi connectivity index (χ0n) is 17.4. The van der Waals surface area contributed by atoms with Gasteiger partial charge in [-0.15, -0.1) is 0 Å². The highest BCUT2D eigenvalue weighted by atomic mass is 16.5. The second-order valence-corrected chi connectivity index (χ2v) is 8.26. The van der Waals surface area contributed by atoms with Gasteiger partial charge in [0.25, 0.3) is 5.91 Å². The predicted molar refractivity (Wildman–Crippen MR) is 116 cm³/mol. The molecular formula is C24H28N2O4. The van der Waals surface area contributed by atoms with Crippen LogP contribution in [0.1, 0.15) is 42.5 Å². The largest absolute Gasteiger partial charge is 0.494 e. The molecular weight excluding hydrogens is 380 g/mol. The fraction of sp³-hybridized carbons (Fsp3) is 0.417. The Morgan fingerprint density at radius 1 is 0.933 bits per heavy atom. The first-order valence-corrected chi connectivity index (χ1v) is 10.5. The molecule has 0 unspecified atom stereocenters. The maximum absolute atomic E-state index is 12.7. The fourth-order valence-corrected chi connectivity index (χ4v) is 4.94. The van der Waals surface area contributed by atoms with Gasteiger partial charge in [0.1, 0.15) is 11.5 Å². The van der Waals surface area contributed by atoms with Gasteiger partial charge in [-0.1, -0.05) is 24.6 Å². The van der Waals surface area contributed by atoms with Crippen LogP contribution >= 0.6 is 0 Å². The number of carbonyl (C=O) groups is 2. The van der Waals surface area contributed by atoms with Crippen molar-refractivity contribution in [1.82, 2.24) is 0 Å². The van der Waals surface area contributed by atoms with Crippen molar-refractivity contribution in [2.24, 2.45) is 17.8 Å². The number of anilines is 2. The molecule has 2 aliphatic rings. The van der Waals surface area contributed by atoms with Crippen LogP contribution in [-0.2, 0) is 4.79 Å². The van der Waals surface area contributed by atoms with Crippen molar-refractivity contribution in [1.29, 1.82) is 0 Å². The van der Waals surface area contributed by atoms with Gasteiger partial charge in [0.05, 0.1) is 25.6 Å². The van der Waals surface area contributed by atoms with Gasteiger partial charge in [-0.25, -0.2) is 0 Å². The maximum Gasteiger partial charge on any atom is 0.255 e. The summed E-state index contributed by atoms with van der Waals surface area (Å²) in [5, 5.41) is 5.83. The van der Waals surface area contributed by atoms with E-state index < -0.39 is 0 Å². The Kier molecular flexibility index (Phi) is 5.93. The van der Waals surface area contributed by atoms with Gasteiger partial charge in [0, 0.05) is 24.1 Å². The van der Waals surface area contributed by atoms with Crippen LogP contribution in [0.3, 0.4) is 0 Å². The van der Waals surface area contributed by atoms with Crippen molar-refractivity contribution < 1.29 is 19.1 Å². The van der Waals surface area contributed by atoms with Gasteiger partial charge >= 0.3 is 0 Å². The molecule has 2 aromatic rings. The normalized spacial score (nSPS) is 21.9. The van der Waals surface area contributed by atoms with Crippen molar-refractivity contribution in [3.8, 4) is 11.5 Å². The van der Waals surface area contributed by atoms with Crippen molar-refractivity contribution in [3.05, 3.63) is 48.0 Å². The molecule has 6 heteroatoms. The first-order chi connectivity index (χ1) is 14.6. The third-order valence-electron chi connectivity index (χ3n) is 6.41. The Morgan fingerprint density at radius 3 is 2.17 bits per heavy atom. The molecule has 2 aliphatic carbocycles. The first-order valence-electron chi connectivity index (χ1n) is 10.5. The summed E-state index contributed by atoms with van der Waals surface area (Å²) in [6, 6.07) is 12.3. The molecule has 3 atom stereocenters. The molecule has 0 saturated heterocycles. The lowest BCUT2D eigenvalue weighted by molar-refractivity contribution is -0.117. The zero-order valence-corrected chi connectivity index (χ0v) is 17.4. The third-order valence-corrected chi connectivity index (χ3v) is 6.41. The predicted octanol–water partition coefficient (Wildman–Crippen LogP) is 4.72. The number of hydrogen-bond acceptors (Lipinski definition) is 4. The molecule has 6 nitrogen and oxygen atoms in total. The Balaban J connectivity index is 1.48. The highest BCUT2D eigenvalue weighted by Crippen LogP contribution is 2.49. The summed E-state index contributed by atoms with van der Waals surface area (Å²) in [7, 11) is 3.07. The number of fused-ring (bicyclic) bond motifs is 2. The van der Waals surface area contributed by atoms with E-state index in [1.807, 2.05) is 18.2 Å². The van der Waals surface area contributed by atoms with E-state index in [-0.39, 0.29) is 11.8 Å². The second kappa shape index (κ2) is 8.78. The van der Waals surface area contributed by atoms with E-state index in [0.29, 0.717) is 46.7 Å². The minimum Gasteiger partial charge on any atom is -0.494 e. The van der Waals surface area contributed by atoms with E-state index in [9.17, 15) is 9.59 Å². The zero-order chi connectivity index (χ0) is 21.1. The highest BCUT2D eigenvalue weighted by Gasteiger charge is 2.40. The van der Waals surface area contributed by atoms with Crippen LogP contribution in [0.15, 0.2) is 42.5 Å². The maximum atomic E-state index is 12.7. The molecule has 4 rings (SSSR count). The Morgan fingerprint density at radius 2 is 1.60 bits per heavy atom. The third kappa shape index (κ3) is 4.27. The molecule has 2 saturated carbocycles. The minimum atomic E-state index is -0.246. The minimum absolute atomic E-state index is 0.00558. The molecule has 2 bridgehead atoms. The van der Waals surface area contributed by atoms with Crippen LogP contribution in [0.4, 0.5) is 11.4 Å².